The second-order valence-corrected chi connectivity index (χ2v) is 9.26. The molecular formula is C29H32N2O2. The summed E-state index contributed by atoms with van der Waals surface area (Å²) in [6.45, 7) is 3.19. The molecule has 3 atom stereocenters. The molecule has 170 valence electrons. The Labute approximate surface area is 196 Å². The second kappa shape index (κ2) is 9.90. The Morgan fingerprint density at radius 1 is 0.909 bits per heavy atom. The number of ether oxygens (including phenoxy) is 1. The fraction of sp³-hybridized carbons (Fsp3) is 0.345. The smallest absolute Gasteiger partial charge is 0.337 e. The lowest BCUT2D eigenvalue weighted by Crippen LogP contribution is -2.64. The normalized spacial score (nSPS) is 24.9. The highest BCUT2D eigenvalue weighted by Gasteiger charge is 2.46. The van der Waals surface area contributed by atoms with E-state index in [0.717, 1.165) is 19.6 Å². The van der Waals surface area contributed by atoms with E-state index in [1.54, 1.807) is 0 Å². The van der Waals surface area contributed by atoms with Gasteiger partial charge in [-0.15, -0.1) is 0 Å². The summed E-state index contributed by atoms with van der Waals surface area (Å²) >= 11 is 0. The van der Waals surface area contributed by atoms with Crippen LogP contribution in [0.3, 0.4) is 0 Å². The molecule has 3 aliphatic heterocycles. The first-order valence-corrected chi connectivity index (χ1v) is 12.0. The number of hydrogen-bond acceptors (Lipinski definition) is 4. The third kappa shape index (κ3) is 4.59. The van der Waals surface area contributed by atoms with E-state index in [0.29, 0.717) is 23.6 Å². The quantitative estimate of drug-likeness (QED) is 0.533. The van der Waals surface area contributed by atoms with E-state index in [2.05, 4.69) is 83.0 Å². The average Bonchev–Trinajstić information content (AvgIpc) is 2.90. The van der Waals surface area contributed by atoms with Crippen molar-refractivity contribution >= 4 is 5.97 Å². The van der Waals surface area contributed by atoms with Crippen molar-refractivity contribution in [1.29, 1.82) is 0 Å². The third-order valence-corrected chi connectivity index (χ3v) is 7.45. The Kier molecular flexibility index (Phi) is 6.56. The summed E-state index contributed by atoms with van der Waals surface area (Å²) in [5, 5.41) is 3.96. The Balaban J connectivity index is 1.50. The average molecular weight is 441 g/mol. The molecule has 2 bridgehead atoms. The zero-order valence-corrected chi connectivity index (χ0v) is 19.2. The van der Waals surface area contributed by atoms with E-state index in [9.17, 15) is 4.79 Å². The Bertz CT molecular complexity index is 1040. The largest absolute Gasteiger partial charge is 0.465 e. The number of esters is 1. The van der Waals surface area contributed by atoms with E-state index < -0.39 is 0 Å². The van der Waals surface area contributed by atoms with Gasteiger partial charge in [-0.1, -0.05) is 72.8 Å². The molecule has 3 aromatic rings. The van der Waals surface area contributed by atoms with Crippen LogP contribution < -0.4 is 5.32 Å². The molecule has 33 heavy (non-hydrogen) atoms. The van der Waals surface area contributed by atoms with Crippen molar-refractivity contribution in [3.05, 3.63) is 107 Å². The SMILES string of the molecule is COC(=O)c1ccc(C(c2ccccc2)[C@H]2[C@H](NCc3ccccc3)C3CCN2CC3)cc1. The molecule has 4 heteroatoms. The molecule has 0 saturated carbocycles. The molecule has 3 aromatic carbocycles. The number of benzene rings is 3. The van der Waals surface area contributed by atoms with Gasteiger partial charge in [0.05, 0.1) is 12.7 Å². The number of hydrogen-bond donors (Lipinski definition) is 1. The molecule has 0 amide bonds. The molecule has 1 N–H and O–H groups in total. The molecule has 3 fully saturated rings. The molecule has 0 spiro atoms. The molecule has 3 heterocycles. The van der Waals surface area contributed by atoms with Crippen LogP contribution in [-0.2, 0) is 11.3 Å². The number of fused-ring (bicyclic) bond motifs is 3. The number of rotatable bonds is 7. The minimum absolute atomic E-state index is 0.231. The monoisotopic (exact) mass is 440 g/mol. The summed E-state index contributed by atoms with van der Waals surface area (Å²) in [5.74, 6) is 0.624. The van der Waals surface area contributed by atoms with Crippen LogP contribution >= 0.6 is 0 Å². The predicted molar refractivity (Wildman–Crippen MR) is 131 cm³/mol. The highest BCUT2D eigenvalue weighted by atomic mass is 16.5. The van der Waals surface area contributed by atoms with Gasteiger partial charge < -0.3 is 10.1 Å². The van der Waals surface area contributed by atoms with E-state index in [-0.39, 0.29) is 11.9 Å². The Morgan fingerprint density at radius 3 is 2.15 bits per heavy atom. The van der Waals surface area contributed by atoms with Crippen LogP contribution in [0.1, 0.15) is 45.8 Å². The van der Waals surface area contributed by atoms with Crippen LogP contribution in [0.25, 0.3) is 0 Å². The molecule has 3 aliphatic rings. The van der Waals surface area contributed by atoms with Gasteiger partial charge in [0.1, 0.15) is 0 Å². The highest BCUT2D eigenvalue weighted by molar-refractivity contribution is 5.89. The first-order valence-electron chi connectivity index (χ1n) is 12.0. The third-order valence-electron chi connectivity index (χ3n) is 7.45. The summed E-state index contributed by atoms with van der Waals surface area (Å²) in [7, 11) is 1.43. The van der Waals surface area contributed by atoms with Gasteiger partial charge in [0.15, 0.2) is 0 Å². The number of piperidine rings is 3. The van der Waals surface area contributed by atoms with Gasteiger partial charge in [0, 0.05) is 24.5 Å². The topological polar surface area (TPSA) is 41.6 Å². The second-order valence-electron chi connectivity index (χ2n) is 9.26. The van der Waals surface area contributed by atoms with E-state index in [1.807, 2.05) is 12.1 Å². The maximum Gasteiger partial charge on any atom is 0.337 e. The molecule has 4 nitrogen and oxygen atoms in total. The molecule has 3 saturated heterocycles. The first kappa shape index (κ1) is 21.9. The zero-order chi connectivity index (χ0) is 22.6. The zero-order valence-electron chi connectivity index (χ0n) is 19.2. The highest BCUT2D eigenvalue weighted by Crippen LogP contribution is 2.42. The number of nitrogens with zero attached hydrogens (tertiary/aromatic N) is 1. The van der Waals surface area contributed by atoms with Crippen molar-refractivity contribution < 1.29 is 9.53 Å². The summed E-state index contributed by atoms with van der Waals surface area (Å²) in [6.07, 6.45) is 2.51. The standard InChI is InChI=1S/C29H32N2O2/c1-33-29(32)25-14-12-23(13-15-25)26(22-10-6-3-7-11-22)28-27(24-16-18-31(28)19-17-24)30-20-21-8-4-2-5-9-21/h2-15,24,26-28,30H,16-20H2,1H3/t26?,27-,28+/m1/s1. The van der Waals surface area contributed by atoms with Crippen molar-refractivity contribution in [2.75, 3.05) is 20.2 Å². The molecule has 0 aromatic heterocycles. The fourth-order valence-electron chi connectivity index (χ4n) is 5.81. The van der Waals surface area contributed by atoms with Gasteiger partial charge in [-0.05, 0) is 60.7 Å². The van der Waals surface area contributed by atoms with E-state index in [1.165, 1.54) is 36.6 Å². The van der Waals surface area contributed by atoms with E-state index in [4.69, 9.17) is 4.74 Å². The van der Waals surface area contributed by atoms with Crippen LogP contribution in [0.5, 0.6) is 0 Å². The summed E-state index contributed by atoms with van der Waals surface area (Å²) in [4.78, 5) is 14.7. The van der Waals surface area contributed by atoms with Crippen molar-refractivity contribution in [3.8, 4) is 0 Å². The molecule has 1 unspecified atom stereocenters. The summed E-state index contributed by atoms with van der Waals surface area (Å²) in [6, 6.07) is 30.3. The summed E-state index contributed by atoms with van der Waals surface area (Å²) < 4.78 is 4.91. The van der Waals surface area contributed by atoms with Crippen LogP contribution in [0.2, 0.25) is 0 Å². The first-order chi connectivity index (χ1) is 16.2. The van der Waals surface area contributed by atoms with Crippen molar-refractivity contribution in [3.63, 3.8) is 0 Å². The fourth-order valence-corrected chi connectivity index (χ4v) is 5.81. The maximum absolute atomic E-state index is 12.0. The Hall–Kier alpha value is -2.95. The van der Waals surface area contributed by atoms with Crippen LogP contribution in [-0.4, -0.2) is 43.2 Å². The lowest BCUT2D eigenvalue weighted by atomic mass is 9.70. The number of methoxy groups -OCH3 is 1. The predicted octanol–water partition coefficient (Wildman–Crippen LogP) is 4.86. The van der Waals surface area contributed by atoms with Gasteiger partial charge in [0.25, 0.3) is 0 Å². The van der Waals surface area contributed by atoms with Crippen LogP contribution in [0, 0.1) is 5.92 Å². The van der Waals surface area contributed by atoms with Crippen molar-refractivity contribution in [2.45, 2.75) is 37.4 Å². The minimum Gasteiger partial charge on any atom is -0.465 e. The van der Waals surface area contributed by atoms with Gasteiger partial charge in [-0.25, -0.2) is 4.79 Å². The van der Waals surface area contributed by atoms with Gasteiger partial charge in [-0.3, -0.25) is 4.90 Å². The minimum atomic E-state index is -0.291. The number of carbonyl (C=O) groups is 1. The van der Waals surface area contributed by atoms with Gasteiger partial charge in [0.2, 0.25) is 0 Å². The van der Waals surface area contributed by atoms with Crippen LogP contribution in [0.4, 0.5) is 0 Å². The van der Waals surface area contributed by atoms with Gasteiger partial charge in [-0.2, -0.15) is 0 Å². The number of nitrogens with one attached hydrogen (secondary N) is 1. The van der Waals surface area contributed by atoms with E-state index >= 15 is 0 Å². The lowest BCUT2D eigenvalue weighted by Gasteiger charge is -2.54. The summed E-state index contributed by atoms with van der Waals surface area (Å²) in [5.41, 5.74) is 4.49. The number of carbonyl (C=O) groups excluding carboxylic acids is 1. The molecule has 0 radical (unpaired) electrons. The van der Waals surface area contributed by atoms with Crippen molar-refractivity contribution in [2.24, 2.45) is 5.92 Å². The van der Waals surface area contributed by atoms with Crippen LogP contribution in [0.15, 0.2) is 84.9 Å². The molecular weight excluding hydrogens is 408 g/mol. The van der Waals surface area contributed by atoms with Gasteiger partial charge >= 0.3 is 5.97 Å². The van der Waals surface area contributed by atoms with Crippen molar-refractivity contribution in [1.82, 2.24) is 10.2 Å². The maximum atomic E-state index is 12.0. The lowest BCUT2D eigenvalue weighted by molar-refractivity contribution is 0.00468. The Morgan fingerprint density at radius 2 is 1.52 bits per heavy atom. The molecule has 0 aliphatic carbocycles. The molecule has 6 rings (SSSR count).